The molecule has 2 aliphatic rings. The standard InChI is InChI=1S/C34H50N6O4/c1-34(2,3)44-33(42)40(32-36-24-28(23-35-4)30(37-32)22-26-10-7-6-8-11-26)29-15-13-27(14-16-29)25-38-17-19-39(20-18-38)31(41)12-9-21-43-5/h13-16,23-24,26H,6-12,17-22,25H2,1-5H3. The molecule has 1 saturated carbocycles. The number of rotatable bonds is 11. The summed E-state index contributed by atoms with van der Waals surface area (Å²) in [5, 5.41) is 0. The van der Waals surface area contributed by atoms with Crippen molar-refractivity contribution in [3.63, 3.8) is 0 Å². The zero-order chi connectivity index (χ0) is 31.5. The van der Waals surface area contributed by atoms with E-state index in [4.69, 9.17) is 14.5 Å². The summed E-state index contributed by atoms with van der Waals surface area (Å²) < 4.78 is 10.9. The minimum Gasteiger partial charge on any atom is -0.443 e. The van der Waals surface area contributed by atoms with Crippen molar-refractivity contribution in [3.8, 4) is 0 Å². The van der Waals surface area contributed by atoms with Crippen molar-refractivity contribution in [1.82, 2.24) is 19.8 Å². The highest BCUT2D eigenvalue weighted by Crippen LogP contribution is 2.30. The van der Waals surface area contributed by atoms with Gasteiger partial charge in [-0.1, -0.05) is 44.2 Å². The summed E-state index contributed by atoms with van der Waals surface area (Å²) >= 11 is 0. The lowest BCUT2D eigenvalue weighted by Gasteiger charge is -2.35. The third-order valence-electron chi connectivity index (χ3n) is 8.20. The quantitative estimate of drug-likeness (QED) is 0.236. The van der Waals surface area contributed by atoms with E-state index in [-0.39, 0.29) is 5.91 Å². The third kappa shape index (κ3) is 9.82. The molecule has 0 N–H and O–H groups in total. The maximum Gasteiger partial charge on any atom is 0.421 e. The zero-order valence-electron chi connectivity index (χ0n) is 27.3. The van der Waals surface area contributed by atoms with Crippen molar-refractivity contribution in [2.24, 2.45) is 10.9 Å². The first kappa shape index (κ1) is 33.5. The van der Waals surface area contributed by atoms with Crippen molar-refractivity contribution in [1.29, 1.82) is 0 Å². The number of carbonyl (C=O) groups is 2. The smallest absolute Gasteiger partial charge is 0.421 e. The van der Waals surface area contributed by atoms with E-state index in [9.17, 15) is 9.59 Å². The average molecular weight is 607 g/mol. The topological polar surface area (TPSA) is 100 Å². The summed E-state index contributed by atoms with van der Waals surface area (Å²) in [7, 11) is 3.41. The Kier molecular flexibility index (Phi) is 12.3. The lowest BCUT2D eigenvalue weighted by molar-refractivity contribution is -0.133. The number of methoxy groups -OCH3 is 1. The van der Waals surface area contributed by atoms with E-state index in [1.165, 1.54) is 37.0 Å². The number of aliphatic imine (C=N–C) groups is 1. The molecule has 10 nitrogen and oxygen atoms in total. The SMILES string of the molecule is CN=Cc1cnc(N(C(=O)OC(C)(C)C)c2ccc(CN3CCN(C(=O)CCCOC)CC3)cc2)nc1CC1CCCCC1. The molecule has 1 aliphatic carbocycles. The summed E-state index contributed by atoms with van der Waals surface area (Å²) in [6, 6.07) is 7.94. The molecule has 2 heterocycles. The molecule has 1 aromatic carbocycles. The Morgan fingerprint density at radius 1 is 1.07 bits per heavy atom. The van der Waals surface area contributed by atoms with Crippen LogP contribution in [-0.2, 0) is 27.2 Å². The molecule has 1 aliphatic heterocycles. The van der Waals surface area contributed by atoms with Crippen LogP contribution in [0.1, 0.15) is 82.5 Å². The zero-order valence-corrected chi connectivity index (χ0v) is 27.3. The molecule has 0 bridgehead atoms. The van der Waals surface area contributed by atoms with Crippen LogP contribution >= 0.6 is 0 Å². The summed E-state index contributed by atoms with van der Waals surface area (Å²) in [5.41, 5.74) is 2.90. The molecule has 0 radical (unpaired) electrons. The minimum absolute atomic E-state index is 0.201. The second-order valence-electron chi connectivity index (χ2n) is 12.9. The Hall–Kier alpha value is -3.37. The molecule has 240 valence electrons. The van der Waals surface area contributed by atoms with Crippen molar-refractivity contribution in [2.45, 2.75) is 84.3 Å². The van der Waals surface area contributed by atoms with E-state index in [0.717, 1.165) is 62.4 Å². The summed E-state index contributed by atoms with van der Waals surface area (Å²) in [4.78, 5) is 45.6. The van der Waals surface area contributed by atoms with E-state index in [1.807, 2.05) is 49.9 Å². The highest BCUT2D eigenvalue weighted by atomic mass is 16.6. The lowest BCUT2D eigenvalue weighted by Crippen LogP contribution is -2.48. The third-order valence-corrected chi connectivity index (χ3v) is 8.20. The largest absolute Gasteiger partial charge is 0.443 e. The van der Waals surface area contributed by atoms with E-state index in [0.29, 0.717) is 30.6 Å². The van der Waals surface area contributed by atoms with Gasteiger partial charge in [-0.15, -0.1) is 0 Å². The van der Waals surface area contributed by atoms with Gasteiger partial charge in [0.25, 0.3) is 0 Å². The number of aromatic nitrogens is 2. The minimum atomic E-state index is -0.678. The number of anilines is 2. The Morgan fingerprint density at radius 3 is 2.41 bits per heavy atom. The van der Waals surface area contributed by atoms with Gasteiger partial charge in [0.1, 0.15) is 5.60 Å². The number of hydrogen-bond donors (Lipinski definition) is 0. The van der Waals surface area contributed by atoms with Gasteiger partial charge in [-0.3, -0.25) is 14.7 Å². The molecule has 2 amide bonds. The molecule has 44 heavy (non-hydrogen) atoms. The van der Waals surface area contributed by atoms with Gasteiger partial charge in [-0.25, -0.2) is 19.7 Å². The number of benzene rings is 1. The van der Waals surface area contributed by atoms with Crippen LogP contribution in [0.3, 0.4) is 0 Å². The van der Waals surface area contributed by atoms with Crippen LogP contribution in [-0.4, -0.2) is 90.5 Å². The van der Waals surface area contributed by atoms with Gasteiger partial charge in [0.05, 0.1) is 11.4 Å². The number of piperazine rings is 1. The first-order chi connectivity index (χ1) is 21.2. The average Bonchev–Trinajstić information content (AvgIpc) is 2.99. The molecular formula is C34H50N6O4. The van der Waals surface area contributed by atoms with Gasteiger partial charge in [0, 0.05) is 77.9 Å². The Labute approximate surface area is 262 Å². The van der Waals surface area contributed by atoms with Gasteiger partial charge < -0.3 is 14.4 Å². The second-order valence-corrected chi connectivity index (χ2v) is 12.9. The van der Waals surface area contributed by atoms with Gasteiger partial charge in [-0.05, 0) is 57.2 Å². The number of hydrogen-bond acceptors (Lipinski definition) is 8. The molecule has 2 aromatic rings. The predicted octanol–water partition coefficient (Wildman–Crippen LogP) is 5.79. The van der Waals surface area contributed by atoms with Crippen LogP contribution in [0.15, 0.2) is 35.5 Å². The van der Waals surface area contributed by atoms with Crippen molar-refractivity contribution in [3.05, 3.63) is 47.3 Å². The van der Waals surface area contributed by atoms with Gasteiger partial charge in [-0.2, -0.15) is 0 Å². The predicted molar refractivity (Wildman–Crippen MR) is 174 cm³/mol. The maximum atomic E-state index is 13.6. The monoisotopic (exact) mass is 606 g/mol. The van der Waals surface area contributed by atoms with E-state index in [1.54, 1.807) is 26.6 Å². The molecule has 1 saturated heterocycles. The summed E-state index contributed by atoms with van der Waals surface area (Å²) in [5.74, 6) is 1.07. The molecule has 0 spiro atoms. The van der Waals surface area contributed by atoms with Crippen LogP contribution in [0.25, 0.3) is 0 Å². The van der Waals surface area contributed by atoms with Crippen LogP contribution < -0.4 is 4.90 Å². The Balaban J connectivity index is 1.50. The molecule has 10 heteroatoms. The maximum absolute atomic E-state index is 13.6. The fourth-order valence-corrected chi connectivity index (χ4v) is 5.90. The Morgan fingerprint density at radius 2 is 1.77 bits per heavy atom. The number of ether oxygens (including phenoxy) is 2. The highest BCUT2D eigenvalue weighted by Gasteiger charge is 2.28. The second kappa shape index (κ2) is 16.1. The van der Waals surface area contributed by atoms with Gasteiger partial charge >= 0.3 is 6.09 Å². The number of amides is 2. The van der Waals surface area contributed by atoms with Crippen molar-refractivity contribution >= 4 is 29.9 Å². The fourth-order valence-electron chi connectivity index (χ4n) is 5.90. The molecule has 4 rings (SSSR count). The molecule has 2 fully saturated rings. The van der Waals surface area contributed by atoms with E-state index < -0.39 is 11.7 Å². The normalized spacial score (nSPS) is 16.8. The first-order valence-electron chi connectivity index (χ1n) is 16.1. The van der Waals surface area contributed by atoms with E-state index >= 15 is 0 Å². The van der Waals surface area contributed by atoms with Crippen LogP contribution in [0.4, 0.5) is 16.4 Å². The molecule has 0 unspecified atom stereocenters. The highest BCUT2D eigenvalue weighted by molar-refractivity contribution is 5.94. The van der Waals surface area contributed by atoms with E-state index in [2.05, 4.69) is 14.9 Å². The first-order valence-corrected chi connectivity index (χ1v) is 16.1. The molecule has 1 aromatic heterocycles. The number of nitrogens with zero attached hydrogens (tertiary/aromatic N) is 6. The van der Waals surface area contributed by atoms with Gasteiger partial charge in [0.2, 0.25) is 11.9 Å². The summed E-state index contributed by atoms with van der Waals surface area (Å²) in [6.45, 7) is 10.1. The summed E-state index contributed by atoms with van der Waals surface area (Å²) in [6.07, 6.45) is 11.3. The van der Waals surface area contributed by atoms with Crippen LogP contribution in [0, 0.1) is 5.92 Å². The van der Waals surface area contributed by atoms with Crippen molar-refractivity contribution < 1.29 is 19.1 Å². The molecule has 0 atom stereocenters. The van der Waals surface area contributed by atoms with Crippen molar-refractivity contribution in [2.75, 3.05) is 51.8 Å². The van der Waals surface area contributed by atoms with Crippen LogP contribution in [0.2, 0.25) is 0 Å². The van der Waals surface area contributed by atoms with Crippen LogP contribution in [0.5, 0.6) is 0 Å². The lowest BCUT2D eigenvalue weighted by atomic mass is 9.85. The number of carbonyl (C=O) groups excluding carboxylic acids is 2. The fraction of sp³-hybridized carbons (Fsp3) is 0.618. The van der Waals surface area contributed by atoms with Gasteiger partial charge in [0.15, 0.2) is 0 Å². The Bertz CT molecular complexity index is 1250. The molecular weight excluding hydrogens is 556 g/mol.